The molecule has 1 saturated heterocycles. The van der Waals surface area contributed by atoms with Crippen molar-refractivity contribution in [1.29, 1.82) is 0 Å². The van der Waals surface area contributed by atoms with Gasteiger partial charge in [0.15, 0.2) is 0 Å². The average Bonchev–Trinajstić information content (AvgIpc) is 2.95. The van der Waals surface area contributed by atoms with Crippen LogP contribution in [0.3, 0.4) is 0 Å². The van der Waals surface area contributed by atoms with Crippen molar-refractivity contribution in [1.82, 2.24) is 10.3 Å². The minimum Gasteiger partial charge on any atom is -0.478 e. The third kappa shape index (κ3) is 3.15. The van der Waals surface area contributed by atoms with Gasteiger partial charge < -0.3 is 15.3 Å². The monoisotopic (exact) mass is 291 g/mol. The van der Waals surface area contributed by atoms with Crippen molar-refractivity contribution < 1.29 is 14.7 Å². The number of carbonyl (C=O) groups is 2. The number of nitrogens with one attached hydrogen (secondary N) is 1. The van der Waals surface area contributed by atoms with Crippen molar-refractivity contribution in [3.8, 4) is 0 Å². The second-order valence-corrected chi connectivity index (χ2v) is 5.56. The van der Waals surface area contributed by atoms with Gasteiger partial charge in [-0.2, -0.15) is 0 Å². The maximum Gasteiger partial charge on any atom is 0.335 e. The molecule has 2 rings (SSSR count). The van der Waals surface area contributed by atoms with Gasteiger partial charge in [0, 0.05) is 19.3 Å². The van der Waals surface area contributed by atoms with E-state index in [-0.39, 0.29) is 23.4 Å². The summed E-state index contributed by atoms with van der Waals surface area (Å²) < 4.78 is 0. The van der Waals surface area contributed by atoms with Crippen LogP contribution in [-0.4, -0.2) is 41.6 Å². The van der Waals surface area contributed by atoms with E-state index in [9.17, 15) is 14.7 Å². The number of pyridine rings is 1. The number of carboxylic acid groups (broad SMARTS) is 1. The topological polar surface area (TPSA) is 82.5 Å². The summed E-state index contributed by atoms with van der Waals surface area (Å²) in [4.78, 5) is 29.7. The Bertz CT molecular complexity index is 557. The van der Waals surface area contributed by atoms with E-state index in [0.717, 1.165) is 18.5 Å². The normalized spacial score (nSPS) is 18.1. The summed E-state index contributed by atoms with van der Waals surface area (Å²) in [7, 11) is 1.61. The molecule has 1 amide bonds. The maximum absolute atomic E-state index is 11.9. The van der Waals surface area contributed by atoms with Gasteiger partial charge in [-0.3, -0.25) is 4.79 Å². The SMILES string of the molecule is CNC(=O)C1CCCN1c1cc(C(=O)O)cc(C(C)C)n1. The number of hydrogen-bond acceptors (Lipinski definition) is 4. The second kappa shape index (κ2) is 6.11. The van der Waals surface area contributed by atoms with Crippen molar-refractivity contribution in [2.45, 2.75) is 38.6 Å². The van der Waals surface area contributed by atoms with Crippen molar-refractivity contribution in [3.05, 3.63) is 23.4 Å². The van der Waals surface area contributed by atoms with E-state index in [0.29, 0.717) is 12.4 Å². The van der Waals surface area contributed by atoms with Crippen LogP contribution in [0.2, 0.25) is 0 Å². The fraction of sp³-hybridized carbons (Fsp3) is 0.533. The zero-order valence-corrected chi connectivity index (χ0v) is 12.6. The van der Waals surface area contributed by atoms with Crippen molar-refractivity contribution >= 4 is 17.7 Å². The first-order chi connectivity index (χ1) is 9.93. The maximum atomic E-state index is 11.9. The quantitative estimate of drug-likeness (QED) is 0.881. The van der Waals surface area contributed by atoms with E-state index in [4.69, 9.17) is 0 Å². The molecule has 2 heterocycles. The van der Waals surface area contributed by atoms with Crippen LogP contribution in [0.4, 0.5) is 5.82 Å². The Kier molecular flexibility index (Phi) is 4.45. The van der Waals surface area contributed by atoms with Gasteiger partial charge in [0.2, 0.25) is 5.91 Å². The summed E-state index contributed by atoms with van der Waals surface area (Å²) in [6, 6.07) is 2.88. The number of nitrogens with zero attached hydrogens (tertiary/aromatic N) is 2. The minimum absolute atomic E-state index is 0.0545. The van der Waals surface area contributed by atoms with Crippen molar-refractivity contribution in [2.24, 2.45) is 0 Å². The van der Waals surface area contributed by atoms with E-state index in [1.165, 1.54) is 0 Å². The van der Waals surface area contributed by atoms with Gasteiger partial charge in [0.1, 0.15) is 11.9 Å². The number of hydrogen-bond donors (Lipinski definition) is 2. The van der Waals surface area contributed by atoms with Crippen molar-refractivity contribution in [2.75, 3.05) is 18.5 Å². The summed E-state index contributed by atoms with van der Waals surface area (Å²) in [5.41, 5.74) is 0.943. The Morgan fingerprint density at radius 1 is 1.43 bits per heavy atom. The number of rotatable bonds is 4. The van der Waals surface area contributed by atoms with Crippen LogP contribution in [0.25, 0.3) is 0 Å². The number of aromatic nitrogens is 1. The molecule has 6 heteroatoms. The van der Waals surface area contributed by atoms with E-state index in [1.54, 1.807) is 19.2 Å². The Morgan fingerprint density at radius 3 is 2.71 bits per heavy atom. The molecule has 0 radical (unpaired) electrons. The van der Waals surface area contributed by atoms with Crippen LogP contribution in [0.5, 0.6) is 0 Å². The largest absolute Gasteiger partial charge is 0.478 e. The van der Waals surface area contributed by atoms with E-state index < -0.39 is 5.97 Å². The molecule has 1 fully saturated rings. The average molecular weight is 291 g/mol. The molecule has 6 nitrogen and oxygen atoms in total. The third-order valence-electron chi connectivity index (χ3n) is 3.77. The fourth-order valence-electron chi connectivity index (χ4n) is 2.58. The molecule has 1 atom stereocenters. The molecule has 0 aromatic carbocycles. The lowest BCUT2D eigenvalue weighted by Gasteiger charge is -2.25. The number of amides is 1. The van der Waals surface area contributed by atoms with Gasteiger partial charge in [-0.1, -0.05) is 13.8 Å². The van der Waals surface area contributed by atoms with Crippen LogP contribution in [0, 0.1) is 0 Å². The molecule has 114 valence electrons. The van der Waals surface area contributed by atoms with Gasteiger partial charge >= 0.3 is 5.97 Å². The van der Waals surface area contributed by atoms with Crippen LogP contribution in [-0.2, 0) is 4.79 Å². The Balaban J connectivity index is 2.42. The smallest absolute Gasteiger partial charge is 0.335 e. The summed E-state index contributed by atoms with van der Waals surface area (Å²) >= 11 is 0. The molecule has 2 N–H and O–H groups in total. The Hall–Kier alpha value is -2.11. The third-order valence-corrected chi connectivity index (χ3v) is 3.77. The highest BCUT2D eigenvalue weighted by Crippen LogP contribution is 2.27. The summed E-state index contributed by atoms with van der Waals surface area (Å²) in [5.74, 6) is -0.328. The number of likely N-dealkylation sites (N-methyl/N-ethyl adjacent to an activating group) is 1. The van der Waals surface area contributed by atoms with Crippen LogP contribution in [0.15, 0.2) is 12.1 Å². The first-order valence-corrected chi connectivity index (χ1v) is 7.17. The molecule has 1 unspecified atom stereocenters. The standard InChI is InChI=1S/C15H21N3O3/c1-9(2)11-7-10(15(20)21)8-13(17-11)18-6-4-5-12(18)14(19)16-3/h7-9,12H,4-6H2,1-3H3,(H,16,19)(H,20,21). The lowest BCUT2D eigenvalue weighted by Crippen LogP contribution is -2.42. The molecule has 0 spiro atoms. The zero-order chi connectivity index (χ0) is 15.6. The van der Waals surface area contributed by atoms with Crippen molar-refractivity contribution in [3.63, 3.8) is 0 Å². The molecule has 0 bridgehead atoms. The summed E-state index contributed by atoms with van der Waals surface area (Å²) in [6.07, 6.45) is 1.66. The van der Waals surface area contributed by atoms with Crippen LogP contribution in [0.1, 0.15) is 48.7 Å². The Labute approximate surface area is 124 Å². The van der Waals surface area contributed by atoms with Gasteiger partial charge in [0.25, 0.3) is 0 Å². The van der Waals surface area contributed by atoms with Crippen LogP contribution >= 0.6 is 0 Å². The molecule has 0 aliphatic carbocycles. The molecular weight excluding hydrogens is 270 g/mol. The number of aromatic carboxylic acids is 1. The first kappa shape index (κ1) is 15.3. The highest BCUT2D eigenvalue weighted by atomic mass is 16.4. The van der Waals surface area contributed by atoms with Gasteiger partial charge in [-0.25, -0.2) is 9.78 Å². The molecular formula is C15H21N3O3. The molecule has 0 saturated carbocycles. The fourth-order valence-corrected chi connectivity index (χ4v) is 2.58. The van der Waals surface area contributed by atoms with Crippen LogP contribution < -0.4 is 10.2 Å². The molecule has 1 aliphatic heterocycles. The zero-order valence-electron chi connectivity index (χ0n) is 12.6. The summed E-state index contributed by atoms with van der Waals surface area (Å²) in [6.45, 7) is 4.65. The molecule has 1 aliphatic rings. The number of anilines is 1. The molecule has 1 aromatic heterocycles. The number of carboxylic acids is 1. The lowest BCUT2D eigenvalue weighted by molar-refractivity contribution is -0.121. The highest BCUT2D eigenvalue weighted by Gasteiger charge is 2.31. The molecule has 1 aromatic rings. The predicted octanol–water partition coefficient (Wildman–Crippen LogP) is 1.62. The molecule has 21 heavy (non-hydrogen) atoms. The lowest BCUT2D eigenvalue weighted by atomic mass is 10.1. The van der Waals surface area contributed by atoms with E-state index in [1.807, 2.05) is 18.7 Å². The first-order valence-electron chi connectivity index (χ1n) is 7.17. The van der Waals surface area contributed by atoms with Gasteiger partial charge in [-0.15, -0.1) is 0 Å². The van der Waals surface area contributed by atoms with E-state index in [2.05, 4.69) is 10.3 Å². The second-order valence-electron chi connectivity index (χ2n) is 5.56. The number of carbonyl (C=O) groups excluding carboxylic acids is 1. The van der Waals surface area contributed by atoms with Gasteiger partial charge in [0.05, 0.1) is 5.56 Å². The predicted molar refractivity (Wildman–Crippen MR) is 79.7 cm³/mol. The van der Waals surface area contributed by atoms with E-state index >= 15 is 0 Å². The van der Waals surface area contributed by atoms with Gasteiger partial charge in [-0.05, 0) is 30.9 Å². The minimum atomic E-state index is -0.976. The summed E-state index contributed by atoms with van der Waals surface area (Å²) in [5, 5.41) is 11.9. The Morgan fingerprint density at radius 2 is 2.14 bits per heavy atom. The highest BCUT2D eigenvalue weighted by molar-refractivity contribution is 5.89.